The molecule has 1 aliphatic rings. The summed E-state index contributed by atoms with van der Waals surface area (Å²) in [5.74, 6) is 0.659. The highest BCUT2D eigenvalue weighted by Gasteiger charge is 2.33. The van der Waals surface area contributed by atoms with Crippen LogP contribution in [0.25, 0.3) is 0 Å². The molecule has 0 unspecified atom stereocenters. The number of rotatable bonds is 7. The molecule has 2 heterocycles. The summed E-state index contributed by atoms with van der Waals surface area (Å²) in [4.78, 5) is 15.2. The van der Waals surface area contributed by atoms with Gasteiger partial charge in [0.15, 0.2) is 6.61 Å². The normalized spacial score (nSPS) is 17.4. The van der Waals surface area contributed by atoms with E-state index in [2.05, 4.69) is 29.8 Å². The fourth-order valence-electron chi connectivity index (χ4n) is 3.45. The highest BCUT2D eigenvalue weighted by molar-refractivity contribution is 7.10. The Morgan fingerprint density at radius 2 is 1.96 bits per heavy atom. The molecule has 1 aromatic carbocycles. The molecule has 2 aromatic rings. The first-order valence-corrected chi connectivity index (χ1v) is 9.47. The lowest BCUT2D eigenvalue weighted by molar-refractivity contribution is -0.920. The quantitative estimate of drug-likeness (QED) is 0.807. The van der Waals surface area contributed by atoms with Gasteiger partial charge in [0.2, 0.25) is 0 Å². The molecule has 0 spiro atoms. The van der Waals surface area contributed by atoms with E-state index >= 15 is 0 Å². The number of carbonyl (C=O) groups is 1. The first kappa shape index (κ1) is 17.0. The third kappa shape index (κ3) is 4.36. The maximum absolute atomic E-state index is 12.3. The molecule has 3 rings (SSSR count). The number of benzene rings is 1. The summed E-state index contributed by atoms with van der Waals surface area (Å²) in [5.41, 5.74) is 0. The van der Waals surface area contributed by atoms with Gasteiger partial charge in [-0.25, -0.2) is 0 Å². The van der Waals surface area contributed by atoms with Gasteiger partial charge in [-0.2, -0.15) is 0 Å². The van der Waals surface area contributed by atoms with Gasteiger partial charge < -0.3 is 15.0 Å². The van der Waals surface area contributed by atoms with Crippen molar-refractivity contribution in [1.82, 2.24) is 5.32 Å². The SMILES string of the molecule is C[C@H](NC(=O)COc1ccccc1)[C@@H](c1cccs1)[NH+]1CCCC1. The molecule has 1 fully saturated rings. The van der Waals surface area contributed by atoms with E-state index in [1.807, 2.05) is 30.3 Å². The number of nitrogens with one attached hydrogen (secondary N) is 2. The molecule has 5 heteroatoms. The maximum atomic E-state index is 12.3. The van der Waals surface area contributed by atoms with Crippen molar-refractivity contribution >= 4 is 17.2 Å². The third-order valence-corrected chi connectivity index (χ3v) is 5.49. The van der Waals surface area contributed by atoms with Gasteiger partial charge in [-0.05, 0) is 30.5 Å². The van der Waals surface area contributed by atoms with E-state index < -0.39 is 0 Å². The van der Waals surface area contributed by atoms with Crippen molar-refractivity contribution in [1.29, 1.82) is 0 Å². The second kappa shape index (κ2) is 8.31. The lowest BCUT2D eigenvalue weighted by Gasteiger charge is -2.29. The van der Waals surface area contributed by atoms with Gasteiger partial charge in [0, 0.05) is 12.8 Å². The zero-order valence-electron chi connectivity index (χ0n) is 14.0. The Hall–Kier alpha value is -1.85. The van der Waals surface area contributed by atoms with Gasteiger partial charge in [0.25, 0.3) is 5.91 Å². The zero-order valence-corrected chi connectivity index (χ0v) is 14.9. The van der Waals surface area contributed by atoms with Crippen LogP contribution in [0, 0.1) is 0 Å². The van der Waals surface area contributed by atoms with Gasteiger partial charge >= 0.3 is 0 Å². The number of thiophene rings is 1. The number of hydrogen-bond donors (Lipinski definition) is 2. The molecular formula is C19H25N2O2S+. The Labute approximate surface area is 147 Å². The molecule has 2 atom stereocenters. The summed E-state index contributed by atoms with van der Waals surface area (Å²) in [5, 5.41) is 5.25. The Balaban J connectivity index is 1.58. The summed E-state index contributed by atoms with van der Waals surface area (Å²) in [6.07, 6.45) is 2.55. The summed E-state index contributed by atoms with van der Waals surface area (Å²) < 4.78 is 5.55. The summed E-state index contributed by atoms with van der Waals surface area (Å²) in [7, 11) is 0. The molecule has 0 radical (unpaired) electrons. The largest absolute Gasteiger partial charge is 0.484 e. The van der Waals surface area contributed by atoms with E-state index in [4.69, 9.17) is 4.74 Å². The molecule has 24 heavy (non-hydrogen) atoms. The summed E-state index contributed by atoms with van der Waals surface area (Å²) in [6.45, 7) is 4.53. The molecule has 4 nitrogen and oxygen atoms in total. The van der Waals surface area contributed by atoms with E-state index in [0.29, 0.717) is 6.04 Å². The first-order chi connectivity index (χ1) is 11.7. The Morgan fingerprint density at radius 1 is 1.21 bits per heavy atom. The van der Waals surface area contributed by atoms with Crippen LogP contribution < -0.4 is 15.0 Å². The van der Waals surface area contributed by atoms with E-state index in [1.165, 1.54) is 30.8 Å². The van der Waals surface area contributed by atoms with Gasteiger partial charge in [-0.1, -0.05) is 24.3 Å². The van der Waals surface area contributed by atoms with Crippen molar-refractivity contribution in [3.8, 4) is 5.75 Å². The number of ether oxygens (including phenoxy) is 1. The lowest BCUT2D eigenvalue weighted by Crippen LogP contribution is -3.11. The van der Waals surface area contributed by atoms with Crippen molar-refractivity contribution in [2.45, 2.75) is 31.8 Å². The molecule has 1 aromatic heterocycles. The van der Waals surface area contributed by atoms with Gasteiger partial charge in [0.1, 0.15) is 11.8 Å². The van der Waals surface area contributed by atoms with Crippen LogP contribution in [0.15, 0.2) is 47.8 Å². The van der Waals surface area contributed by atoms with Gasteiger partial charge in [-0.15, -0.1) is 11.3 Å². The Kier molecular flexibility index (Phi) is 5.88. The zero-order chi connectivity index (χ0) is 16.8. The number of carbonyl (C=O) groups excluding carboxylic acids is 1. The van der Waals surface area contributed by atoms with Crippen LogP contribution in [-0.4, -0.2) is 31.6 Å². The molecule has 128 valence electrons. The second-order valence-electron chi connectivity index (χ2n) is 6.32. The molecule has 2 N–H and O–H groups in total. The van der Waals surface area contributed by atoms with Crippen molar-refractivity contribution < 1.29 is 14.4 Å². The fraction of sp³-hybridized carbons (Fsp3) is 0.421. The van der Waals surface area contributed by atoms with E-state index in [1.54, 1.807) is 16.2 Å². The number of quaternary nitrogens is 1. The molecule has 1 aliphatic heterocycles. The minimum Gasteiger partial charge on any atom is -0.484 e. The van der Waals surface area contributed by atoms with Crippen LogP contribution in [0.2, 0.25) is 0 Å². The van der Waals surface area contributed by atoms with E-state index in [0.717, 1.165) is 5.75 Å². The lowest BCUT2D eigenvalue weighted by atomic mass is 10.1. The highest BCUT2D eigenvalue weighted by atomic mass is 32.1. The molecular weight excluding hydrogens is 320 g/mol. The predicted octanol–water partition coefficient (Wildman–Crippen LogP) is 2.05. The fourth-order valence-corrected chi connectivity index (χ4v) is 4.44. The average molecular weight is 345 g/mol. The summed E-state index contributed by atoms with van der Waals surface area (Å²) in [6, 6.07) is 14.1. The predicted molar refractivity (Wildman–Crippen MR) is 96.5 cm³/mol. The van der Waals surface area contributed by atoms with Crippen LogP contribution in [-0.2, 0) is 4.79 Å². The maximum Gasteiger partial charge on any atom is 0.258 e. The first-order valence-electron chi connectivity index (χ1n) is 8.59. The highest BCUT2D eigenvalue weighted by Crippen LogP contribution is 2.20. The van der Waals surface area contributed by atoms with Gasteiger partial charge in [-0.3, -0.25) is 4.79 Å². The molecule has 0 saturated carbocycles. The van der Waals surface area contributed by atoms with Crippen LogP contribution in [0.3, 0.4) is 0 Å². The van der Waals surface area contributed by atoms with Crippen LogP contribution in [0.5, 0.6) is 5.75 Å². The molecule has 1 amide bonds. The average Bonchev–Trinajstić information content (AvgIpc) is 3.29. The summed E-state index contributed by atoms with van der Waals surface area (Å²) >= 11 is 1.78. The second-order valence-corrected chi connectivity index (χ2v) is 7.30. The molecule has 1 saturated heterocycles. The van der Waals surface area contributed by atoms with Crippen LogP contribution in [0.1, 0.15) is 30.7 Å². The Bertz CT molecular complexity index is 624. The molecule has 0 aliphatic carbocycles. The van der Waals surface area contributed by atoms with Gasteiger partial charge in [0.05, 0.1) is 24.0 Å². The van der Waals surface area contributed by atoms with Crippen molar-refractivity contribution in [3.63, 3.8) is 0 Å². The topological polar surface area (TPSA) is 42.8 Å². The number of amides is 1. The van der Waals surface area contributed by atoms with Crippen molar-refractivity contribution in [3.05, 3.63) is 52.7 Å². The molecule has 0 bridgehead atoms. The Morgan fingerprint density at radius 3 is 2.62 bits per heavy atom. The minimum atomic E-state index is -0.0634. The van der Waals surface area contributed by atoms with E-state index in [-0.39, 0.29) is 18.6 Å². The smallest absolute Gasteiger partial charge is 0.258 e. The van der Waals surface area contributed by atoms with Crippen LogP contribution in [0.4, 0.5) is 0 Å². The third-order valence-electron chi connectivity index (χ3n) is 4.54. The van der Waals surface area contributed by atoms with Crippen molar-refractivity contribution in [2.75, 3.05) is 19.7 Å². The monoisotopic (exact) mass is 345 g/mol. The van der Waals surface area contributed by atoms with E-state index in [9.17, 15) is 4.79 Å². The number of hydrogen-bond acceptors (Lipinski definition) is 3. The van der Waals surface area contributed by atoms with Crippen molar-refractivity contribution in [2.24, 2.45) is 0 Å². The number of para-hydroxylation sites is 1. The van der Waals surface area contributed by atoms with Crippen LogP contribution >= 0.6 is 11.3 Å². The minimum absolute atomic E-state index is 0.0564. The standard InChI is InChI=1S/C19H24N2O2S/c1-15(20-18(22)14-23-16-8-3-2-4-9-16)19(17-10-7-13-24-17)21-11-5-6-12-21/h2-4,7-10,13,15,19H,5-6,11-12,14H2,1H3,(H,20,22)/p+1/t15-,19-/m0/s1. The number of likely N-dealkylation sites (tertiary alicyclic amines) is 1.